The Labute approximate surface area is 468 Å². The van der Waals surface area contributed by atoms with Gasteiger partial charge in [0.15, 0.2) is 6.10 Å². The number of hydrogen-bond acceptors (Lipinski definition) is 13. The van der Waals surface area contributed by atoms with Gasteiger partial charge in [0.25, 0.3) is 5.91 Å². The minimum Gasteiger partial charge on any atom is -0.481 e. The third-order valence-corrected chi connectivity index (χ3v) is 14.2. The second-order valence-electron chi connectivity index (χ2n) is 21.0. The number of carbonyl (C=O) groups is 4. The molecule has 1 fully saturated rings. The number of carbonyl (C=O) groups excluding carboxylic acids is 3. The van der Waals surface area contributed by atoms with Crippen LogP contribution in [0.15, 0.2) is 24.3 Å². The molecule has 1 rings (SSSR count). The second kappa shape index (κ2) is 55.0. The number of rotatable bonds is 57. The molecule has 450 valence electrons. The molecule has 1 amide bonds. The third-order valence-electron chi connectivity index (χ3n) is 14.2. The lowest BCUT2D eigenvalue weighted by Crippen LogP contribution is -2.45. The number of aliphatic carboxylic acids is 1. The number of amides is 1. The number of allylic oxidation sites excluding steroid dienone is 2. The normalized spacial score (nSPS) is 15.4. The number of nitrogens with zero attached hydrogens (tertiary/aromatic N) is 2. The first-order valence-corrected chi connectivity index (χ1v) is 31.1. The van der Waals surface area contributed by atoms with E-state index in [1.165, 1.54) is 70.6 Å². The van der Waals surface area contributed by atoms with Gasteiger partial charge in [-0.1, -0.05) is 154 Å². The van der Waals surface area contributed by atoms with E-state index in [-0.39, 0.29) is 36.4 Å². The highest BCUT2D eigenvalue weighted by Crippen LogP contribution is 2.24. The van der Waals surface area contributed by atoms with Crippen LogP contribution >= 0.6 is 0 Å². The topological polar surface area (TPSA) is 169 Å². The summed E-state index contributed by atoms with van der Waals surface area (Å²) < 4.78 is 46.4. The van der Waals surface area contributed by atoms with Crippen LogP contribution in [0.3, 0.4) is 0 Å². The predicted octanol–water partition coefficient (Wildman–Crippen LogP) is 12.6. The first-order chi connectivity index (χ1) is 37.7. The highest BCUT2D eigenvalue weighted by molar-refractivity contribution is 5.81. The van der Waals surface area contributed by atoms with Gasteiger partial charge in [-0.05, 0) is 90.6 Å². The third kappa shape index (κ3) is 45.5. The molecule has 77 heavy (non-hydrogen) atoms. The van der Waals surface area contributed by atoms with Crippen molar-refractivity contribution in [2.24, 2.45) is 5.92 Å². The summed E-state index contributed by atoms with van der Waals surface area (Å²) in [6.45, 7) is 14.0. The van der Waals surface area contributed by atoms with Crippen LogP contribution in [0.1, 0.15) is 220 Å². The molecular formula is C62H114N2O13. The molecule has 0 radical (unpaired) electrons. The van der Waals surface area contributed by atoms with Crippen molar-refractivity contribution >= 4 is 23.8 Å². The summed E-state index contributed by atoms with van der Waals surface area (Å²) in [5.74, 6) is -1.31. The minimum atomic E-state index is -0.712. The maximum absolute atomic E-state index is 14.3. The van der Waals surface area contributed by atoms with E-state index >= 15 is 0 Å². The van der Waals surface area contributed by atoms with Crippen LogP contribution in [0.25, 0.3) is 0 Å². The minimum absolute atomic E-state index is 0.0631. The zero-order valence-corrected chi connectivity index (χ0v) is 49.5. The van der Waals surface area contributed by atoms with Crippen molar-refractivity contribution in [2.75, 3.05) is 113 Å². The summed E-state index contributed by atoms with van der Waals surface area (Å²) in [5, 5.41) is 9.39. The summed E-state index contributed by atoms with van der Waals surface area (Å²) in [4.78, 5) is 54.2. The number of likely N-dealkylation sites (tertiary alicyclic amines) is 1. The molecule has 1 aliphatic heterocycles. The SMILES string of the molecule is CCCCCC/C=C\COC(=O)CCCCCCCOCC(OCCCCCCCC(=O)OC/C=C\CCCCCC)C(=O)N(CCCCCCCC)CCOCCOCCOCCOCCC1CC(C(=O)O)CCN1C. The molecule has 3 atom stereocenters. The van der Waals surface area contributed by atoms with Gasteiger partial charge in [0, 0.05) is 51.8 Å². The van der Waals surface area contributed by atoms with Crippen molar-refractivity contribution in [2.45, 2.75) is 232 Å². The van der Waals surface area contributed by atoms with Crippen LogP contribution in [-0.4, -0.2) is 163 Å². The number of carboxylic acid groups (broad SMARTS) is 1. The molecule has 15 heteroatoms. The Morgan fingerprint density at radius 1 is 0.519 bits per heavy atom. The Bertz CT molecular complexity index is 1430. The van der Waals surface area contributed by atoms with E-state index in [0.717, 1.165) is 109 Å². The predicted molar refractivity (Wildman–Crippen MR) is 308 cm³/mol. The van der Waals surface area contributed by atoms with Crippen LogP contribution in [-0.2, 0) is 57.1 Å². The highest BCUT2D eigenvalue weighted by Gasteiger charge is 2.30. The number of unbranched alkanes of at least 4 members (excludes halogenated alkanes) is 21. The second-order valence-corrected chi connectivity index (χ2v) is 21.0. The number of carboxylic acids is 1. The molecule has 0 aliphatic carbocycles. The Hall–Kier alpha value is -2.92. The van der Waals surface area contributed by atoms with Crippen LogP contribution in [0.5, 0.6) is 0 Å². The monoisotopic (exact) mass is 1090 g/mol. The number of esters is 2. The molecule has 1 saturated heterocycles. The molecule has 3 unspecified atom stereocenters. The fourth-order valence-corrected chi connectivity index (χ4v) is 9.19. The summed E-state index contributed by atoms with van der Waals surface area (Å²) in [7, 11) is 2.05. The van der Waals surface area contributed by atoms with Crippen molar-refractivity contribution in [1.82, 2.24) is 9.80 Å². The number of piperidine rings is 1. The van der Waals surface area contributed by atoms with Crippen LogP contribution in [0, 0.1) is 5.92 Å². The van der Waals surface area contributed by atoms with Crippen molar-refractivity contribution in [3.05, 3.63) is 24.3 Å². The van der Waals surface area contributed by atoms with Crippen molar-refractivity contribution in [1.29, 1.82) is 0 Å². The van der Waals surface area contributed by atoms with E-state index in [0.29, 0.717) is 118 Å². The lowest BCUT2D eigenvalue weighted by Gasteiger charge is -2.35. The van der Waals surface area contributed by atoms with Crippen LogP contribution < -0.4 is 0 Å². The Morgan fingerprint density at radius 3 is 1.53 bits per heavy atom. The van der Waals surface area contributed by atoms with Gasteiger partial charge in [-0.2, -0.15) is 0 Å². The molecule has 1 aliphatic rings. The molecule has 0 saturated carbocycles. The molecular weight excluding hydrogens is 981 g/mol. The number of ether oxygens (including phenoxy) is 8. The molecule has 0 spiro atoms. The van der Waals surface area contributed by atoms with Gasteiger partial charge in [0.05, 0.1) is 58.8 Å². The maximum atomic E-state index is 14.3. The molecule has 1 N–H and O–H groups in total. The van der Waals surface area contributed by atoms with Gasteiger partial charge in [0.2, 0.25) is 0 Å². The van der Waals surface area contributed by atoms with E-state index in [2.05, 4.69) is 37.8 Å². The first-order valence-electron chi connectivity index (χ1n) is 31.1. The average Bonchev–Trinajstić information content (AvgIpc) is 3.42. The first kappa shape index (κ1) is 72.1. The van der Waals surface area contributed by atoms with E-state index in [1.54, 1.807) is 0 Å². The number of hydrogen-bond donors (Lipinski definition) is 1. The molecule has 0 aromatic heterocycles. The smallest absolute Gasteiger partial charge is 0.306 e. The Kier molecular flexibility index (Phi) is 51.5. The fourth-order valence-electron chi connectivity index (χ4n) is 9.19. The van der Waals surface area contributed by atoms with Crippen LogP contribution in [0.4, 0.5) is 0 Å². The molecule has 0 bridgehead atoms. The van der Waals surface area contributed by atoms with E-state index < -0.39 is 12.1 Å². The van der Waals surface area contributed by atoms with Crippen molar-refractivity contribution in [3.8, 4) is 0 Å². The largest absolute Gasteiger partial charge is 0.481 e. The molecule has 0 aromatic rings. The molecule has 0 aromatic carbocycles. The zero-order valence-electron chi connectivity index (χ0n) is 49.5. The van der Waals surface area contributed by atoms with Gasteiger partial charge in [-0.3, -0.25) is 19.2 Å². The standard InChI is InChI=1S/C62H114N2O13/c1-5-8-11-14-17-25-33-44-76-59(65)35-28-21-19-24-31-42-74-55-58(75-43-32-27-20-22-29-36-60(66)77-45-34-26-18-15-12-9-6-2)61(67)64(39-30-23-16-13-10-7-3)41-47-71-49-51-73-53-52-72-50-48-70-46-38-57-54-56(62(68)69)37-40-63(57)4/h25-26,33-34,56-58H,5-24,27-32,35-55H2,1-4H3,(H,68,69)/b33-25-,34-26-. The lowest BCUT2D eigenvalue weighted by atomic mass is 9.90. The van der Waals surface area contributed by atoms with E-state index in [1.807, 2.05) is 24.1 Å². The zero-order chi connectivity index (χ0) is 55.9. The highest BCUT2D eigenvalue weighted by atomic mass is 16.6. The van der Waals surface area contributed by atoms with Gasteiger partial charge in [0.1, 0.15) is 13.2 Å². The molecule has 15 nitrogen and oxygen atoms in total. The summed E-state index contributed by atoms with van der Waals surface area (Å²) in [5.41, 5.74) is 0. The fraction of sp³-hybridized carbons (Fsp3) is 0.871. The Balaban J connectivity index is 2.55. The van der Waals surface area contributed by atoms with Crippen molar-refractivity contribution in [3.63, 3.8) is 0 Å². The quantitative estimate of drug-likeness (QED) is 0.0347. The summed E-state index contributed by atoms with van der Waals surface area (Å²) in [6.07, 6.45) is 38.2. The molecule has 1 heterocycles. The maximum Gasteiger partial charge on any atom is 0.306 e. The van der Waals surface area contributed by atoms with Gasteiger partial charge in [-0.25, -0.2) is 0 Å². The summed E-state index contributed by atoms with van der Waals surface area (Å²) >= 11 is 0. The van der Waals surface area contributed by atoms with Crippen molar-refractivity contribution < 1.29 is 62.2 Å². The Morgan fingerprint density at radius 2 is 0.987 bits per heavy atom. The van der Waals surface area contributed by atoms with Gasteiger partial charge >= 0.3 is 17.9 Å². The summed E-state index contributed by atoms with van der Waals surface area (Å²) in [6, 6.07) is 0.226. The van der Waals surface area contributed by atoms with Crippen LogP contribution in [0.2, 0.25) is 0 Å². The van der Waals surface area contributed by atoms with E-state index in [9.17, 15) is 24.3 Å². The van der Waals surface area contributed by atoms with E-state index in [4.69, 9.17) is 37.9 Å². The van der Waals surface area contributed by atoms with Gasteiger partial charge < -0.3 is 52.8 Å². The van der Waals surface area contributed by atoms with Gasteiger partial charge in [-0.15, -0.1) is 0 Å². The lowest BCUT2D eigenvalue weighted by molar-refractivity contribution is -0.149. The average molecular weight is 1100 g/mol.